The number of para-hydroxylation sites is 1. The minimum atomic E-state index is -0.735. The summed E-state index contributed by atoms with van der Waals surface area (Å²) in [6.45, 7) is 0. The Morgan fingerprint density at radius 2 is 1.55 bits per heavy atom. The molecule has 1 heterocycles. The van der Waals surface area contributed by atoms with Crippen LogP contribution < -0.4 is 15.5 Å². The summed E-state index contributed by atoms with van der Waals surface area (Å²) in [6.07, 6.45) is 0. The molecule has 10 heteroatoms. The van der Waals surface area contributed by atoms with Gasteiger partial charge in [0.15, 0.2) is 0 Å². The zero-order valence-corrected chi connectivity index (χ0v) is 19.6. The Balaban J connectivity index is 1.56. The van der Waals surface area contributed by atoms with Crippen molar-refractivity contribution in [2.75, 3.05) is 15.5 Å². The molecule has 6 nitrogen and oxygen atoms in total. The predicted octanol–water partition coefficient (Wildman–Crippen LogP) is 6.33. The number of anilines is 3. The van der Waals surface area contributed by atoms with Crippen molar-refractivity contribution in [2.24, 2.45) is 0 Å². The Bertz CT molecular complexity index is 1340. The SMILES string of the molecule is O=C(Nc1ccccc1Cl)c1cccc(NC2=C(Cl)C(=O)N(c3ccc(Cl)cc3Cl)C2=O)c1. The van der Waals surface area contributed by atoms with Crippen LogP contribution in [0.1, 0.15) is 10.4 Å². The maximum absolute atomic E-state index is 13.0. The molecule has 0 radical (unpaired) electrons. The molecule has 1 aliphatic rings. The van der Waals surface area contributed by atoms with Crippen LogP contribution >= 0.6 is 46.4 Å². The van der Waals surface area contributed by atoms with Crippen molar-refractivity contribution in [3.05, 3.63) is 98.1 Å². The molecule has 0 bridgehead atoms. The topological polar surface area (TPSA) is 78.5 Å². The molecule has 1 aliphatic heterocycles. The molecule has 166 valence electrons. The van der Waals surface area contributed by atoms with Crippen LogP contribution in [-0.2, 0) is 9.59 Å². The summed E-state index contributed by atoms with van der Waals surface area (Å²) in [5.41, 5.74) is 1.14. The van der Waals surface area contributed by atoms with E-state index in [4.69, 9.17) is 46.4 Å². The maximum Gasteiger partial charge on any atom is 0.283 e. The van der Waals surface area contributed by atoms with E-state index >= 15 is 0 Å². The number of nitrogens with one attached hydrogen (secondary N) is 2. The zero-order chi connectivity index (χ0) is 23.7. The van der Waals surface area contributed by atoms with Crippen molar-refractivity contribution in [1.82, 2.24) is 0 Å². The van der Waals surface area contributed by atoms with Crippen LogP contribution in [0.25, 0.3) is 0 Å². The van der Waals surface area contributed by atoms with E-state index in [1.54, 1.807) is 42.5 Å². The van der Waals surface area contributed by atoms with Crippen LogP contribution in [0, 0.1) is 0 Å². The van der Waals surface area contributed by atoms with Crippen LogP contribution in [-0.4, -0.2) is 17.7 Å². The van der Waals surface area contributed by atoms with Gasteiger partial charge in [-0.3, -0.25) is 14.4 Å². The van der Waals surface area contributed by atoms with Crippen molar-refractivity contribution in [2.45, 2.75) is 0 Å². The lowest BCUT2D eigenvalue weighted by Gasteiger charge is -2.16. The van der Waals surface area contributed by atoms with E-state index in [2.05, 4.69) is 10.6 Å². The van der Waals surface area contributed by atoms with E-state index in [-0.39, 0.29) is 21.4 Å². The number of imide groups is 1. The Morgan fingerprint density at radius 1 is 0.788 bits per heavy atom. The smallest absolute Gasteiger partial charge is 0.283 e. The second-order valence-electron chi connectivity index (χ2n) is 6.87. The van der Waals surface area contributed by atoms with E-state index in [0.717, 1.165) is 4.90 Å². The minimum absolute atomic E-state index is 0.119. The Kier molecular flexibility index (Phi) is 6.63. The molecule has 0 aromatic heterocycles. The van der Waals surface area contributed by atoms with Crippen molar-refractivity contribution < 1.29 is 14.4 Å². The molecule has 0 saturated heterocycles. The Labute approximate surface area is 208 Å². The Hall–Kier alpha value is -3.03. The van der Waals surface area contributed by atoms with Gasteiger partial charge in [0, 0.05) is 16.3 Å². The van der Waals surface area contributed by atoms with Gasteiger partial charge in [0.05, 0.1) is 21.4 Å². The molecule has 0 aliphatic carbocycles. The van der Waals surface area contributed by atoms with Gasteiger partial charge in [0.25, 0.3) is 17.7 Å². The number of carbonyl (C=O) groups is 3. The lowest BCUT2D eigenvalue weighted by molar-refractivity contribution is -0.120. The lowest BCUT2D eigenvalue weighted by Crippen LogP contribution is -2.32. The molecule has 3 aromatic carbocycles. The van der Waals surface area contributed by atoms with Crippen LogP contribution in [0.5, 0.6) is 0 Å². The second-order valence-corrected chi connectivity index (χ2v) is 8.50. The first-order valence-corrected chi connectivity index (χ1v) is 10.9. The molecule has 4 rings (SSSR count). The van der Waals surface area contributed by atoms with Gasteiger partial charge in [-0.25, -0.2) is 4.90 Å². The van der Waals surface area contributed by atoms with Crippen molar-refractivity contribution >= 4 is 81.2 Å². The summed E-state index contributed by atoms with van der Waals surface area (Å²) in [6, 6.07) is 17.5. The molecule has 0 fully saturated rings. The van der Waals surface area contributed by atoms with Gasteiger partial charge >= 0.3 is 0 Å². The molecule has 0 saturated carbocycles. The van der Waals surface area contributed by atoms with E-state index in [1.165, 1.54) is 24.3 Å². The summed E-state index contributed by atoms with van der Waals surface area (Å²) in [4.78, 5) is 39.2. The van der Waals surface area contributed by atoms with E-state index < -0.39 is 17.7 Å². The quantitative estimate of drug-likeness (QED) is 0.385. The largest absolute Gasteiger partial charge is 0.350 e. The molecule has 3 amide bonds. The van der Waals surface area contributed by atoms with Crippen molar-refractivity contribution in [3.8, 4) is 0 Å². The highest BCUT2D eigenvalue weighted by atomic mass is 35.5. The normalized spacial score (nSPS) is 13.5. The molecule has 0 atom stereocenters. The number of benzene rings is 3. The highest BCUT2D eigenvalue weighted by Gasteiger charge is 2.39. The number of rotatable bonds is 5. The fourth-order valence-electron chi connectivity index (χ4n) is 3.13. The van der Waals surface area contributed by atoms with Crippen LogP contribution in [0.2, 0.25) is 15.1 Å². The first-order chi connectivity index (χ1) is 15.8. The first-order valence-electron chi connectivity index (χ1n) is 9.43. The maximum atomic E-state index is 13.0. The van der Waals surface area contributed by atoms with Crippen LogP contribution in [0.4, 0.5) is 17.1 Å². The summed E-state index contributed by atoms with van der Waals surface area (Å²) < 4.78 is 0. The number of hydrogen-bond acceptors (Lipinski definition) is 4. The van der Waals surface area contributed by atoms with Crippen molar-refractivity contribution in [3.63, 3.8) is 0 Å². The molecule has 0 spiro atoms. The standard InChI is InChI=1S/C23H13Cl4N3O3/c24-13-8-9-18(16(26)11-13)30-22(32)19(27)20(23(30)33)28-14-5-3-4-12(10-14)21(31)29-17-7-2-1-6-15(17)25/h1-11,28H,(H,29,31). The molecular formula is C23H13Cl4N3O3. The third-order valence-electron chi connectivity index (χ3n) is 4.69. The monoisotopic (exact) mass is 519 g/mol. The lowest BCUT2D eigenvalue weighted by atomic mass is 10.1. The number of halogens is 4. The number of carbonyl (C=O) groups excluding carboxylic acids is 3. The fraction of sp³-hybridized carbons (Fsp3) is 0. The number of amides is 3. The average Bonchev–Trinajstić information content (AvgIpc) is 2.99. The van der Waals surface area contributed by atoms with Gasteiger partial charge in [0.1, 0.15) is 10.7 Å². The average molecular weight is 521 g/mol. The first kappa shape index (κ1) is 23.1. The summed E-state index contributed by atoms with van der Waals surface area (Å²) in [7, 11) is 0. The van der Waals surface area contributed by atoms with E-state index in [9.17, 15) is 14.4 Å². The van der Waals surface area contributed by atoms with Crippen LogP contribution in [0.3, 0.4) is 0 Å². The van der Waals surface area contributed by atoms with Gasteiger partial charge < -0.3 is 10.6 Å². The van der Waals surface area contributed by atoms with Crippen LogP contribution in [0.15, 0.2) is 77.5 Å². The summed E-state index contributed by atoms with van der Waals surface area (Å²) in [5, 5.41) is 6.11. The number of hydrogen-bond donors (Lipinski definition) is 2. The van der Waals surface area contributed by atoms with Gasteiger partial charge in [-0.1, -0.05) is 64.6 Å². The van der Waals surface area contributed by atoms with Gasteiger partial charge in [0.2, 0.25) is 0 Å². The fourth-order valence-corrected chi connectivity index (χ4v) is 4.02. The minimum Gasteiger partial charge on any atom is -0.350 e. The third kappa shape index (κ3) is 4.70. The highest BCUT2D eigenvalue weighted by molar-refractivity contribution is 6.54. The molecule has 2 N–H and O–H groups in total. The third-order valence-corrected chi connectivity index (χ3v) is 5.91. The highest BCUT2D eigenvalue weighted by Crippen LogP contribution is 2.35. The van der Waals surface area contributed by atoms with E-state index in [1.807, 2.05) is 0 Å². The van der Waals surface area contributed by atoms with Gasteiger partial charge in [-0.2, -0.15) is 0 Å². The van der Waals surface area contributed by atoms with Gasteiger partial charge in [-0.05, 0) is 48.5 Å². The van der Waals surface area contributed by atoms with Gasteiger partial charge in [-0.15, -0.1) is 0 Å². The summed E-state index contributed by atoms with van der Waals surface area (Å²) in [5.74, 6) is -1.84. The Morgan fingerprint density at radius 3 is 2.27 bits per heavy atom. The van der Waals surface area contributed by atoms with Crippen molar-refractivity contribution in [1.29, 1.82) is 0 Å². The number of nitrogens with zero attached hydrogens (tertiary/aromatic N) is 1. The summed E-state index contributed by atoms with van der Waals surface area (Å²) >= 11 is 24.3. The molecular weight excluding hydrogens is 508 g/mol. The predicted molar refractivity (Wildman–Crippen MR) is 131 cm³/mol. The molecule has 0 unspecified atom stereocenters. The van der Waals surface area contributed by atoms with E-state index in [0.29, 0.717) is 27.0 Å². The molecule has 33 heavy (non-hydrogen) atoms. The zero-order valence-electron chi connectivity index (χ0n) is 16.5. The second kappa shape index (κ2) is 9.45. The molecule has 3 aromatic rings.